The third-order valence-electron chi connectivity index (χ3n) is 12.8. The lowest BCUT2D eigenvalue weighted by Crippen LogP contribution is -1.95. The number of fused-ring (bicyclic) bond motifs is 11. The van der Waals surface area contributed by atoms with Crippen molar-refractivity contribution >= 4 is 76.2 Å². The van der Waals surface area contributed by atoms with Crippen molar-refractivity contribution in [1.82, 2.24) is 13.7 Å². The summed E-state index contributed by atoms with van der Waals surface area (Å²) in [6.45, 7) is 0. The number of para-hydroxylation sites is 3. The highest BCUT2D eigenvalue weighted by Crippen LogP contribution is 2.44. The zero-order valence-corrected chi connectivity index (χ0v) is 33.2. The fraction of sp³-hybridized carbons (Fsp3) is 0. The third-order valence-corrected chi connectivity index (χ3v) is 12.8. The van der Waals surface area contributed by atoms with Crippen LogP contribution in [0.5, 0.6) is 0 Å². The molecule has 0 radical (unpaired) electrons. The van der Waals surface area contributed by atoms with E-state index in [4.69, 9.17) is 0 Å². The van der Waals surface area contributed by atoms with E-state index in [0.29, 0.717) is 0 Å². The molecule has 10 aromatic carbocycles. The average molecular weight is 776 g/mol. The topological polar surface area (TPSA) is 14.8 Å². The Hall–Kier alpha value is -8.14. The van der Waals surface area contributed by atoms with Gasteiger partial charge in [-0.25, -0.2) is 0 Å². The molecular formula is C58H37N3. The minimum atomic E-state index is 1.14. The largest absolute Gasteiger partial charge is 0.309 e. The number of aromatic nitrogens is 3. The quantitative estimate of drug-likeness (QED) is 0.165. The smallest absolute Gasteiger partial charge is 0.0641 e. The molecule has 0 amide bonds. The van der Waals surface area contributed by atoms with Crippen LogP contribution in [0.2, 0.25) is 0 Å². The van der Waals surface area contributed by atoms with Gasteiger partial charge in [-0.1, -0.05) is 146 Å². The first-order chi connectivity index (χ1) is 30.3. The first-order valence-corrected chi connectivity index (χ1v) is 21.0. The van der Waals surface area contributed by atoms with Gasteiger partial charge in [-0.3, -0.25) is 0 Å². The van der Waals surface area contributed by atoms with E-state index in [0.717, 1.165) is 11.4 Å². The van der Waals surface area contributed by atoms with Gasteiger partial charge in [-0.2, -0.15) is 0 Å². The van der Waals surface area contributed by atoms with E-state index in [1.165, 1.54) is 104 Å². The van der Waals surface area contributed by atoms with Crippen LogP contribution in [-0.4, -0.2) is 13.7 Å². The van der Waals surface area contributed by atoms with Crippen molar-refractivity contribution < 1.29 is 0 Å². The first kappa shape index (κ1) is 33.8. The van der Waals surface area contributed by atoms with E-state index >= 15 is 0 Å². The van der Waals surface area contributed by atoms with Crippen LogP contribution in [0, 0.1) is 0 Å². The standard InChI is InChI=1S/C58H37N3/c1-3-14-38(15-4-1)41-18-13-21-45(34-41)60-55-32-28-43(37-51(55)57-56(60)33-30-49-47-22-9-12-25-53(47)61(58(49)57)44-19-5-2-6-20-44)42-27-31-54-50(36-42)48-23-10-11-24-52(48)59(54)46-29-26-39-16-7-8-17-40(39)35-46/h1-37H. The maximum atomic E-state index is 2.47. The van der Waals surface area contributed by atoms with E-state index in [1.54, 1.807) is 0 Å². The SMILES string of the molecule is c1ccc(-c2cccc(-n3c4ccc(-c5ccc6c(c5)c5ccccc5n6-c5ccc6ccccc6c5)cc4c4c3ccc3c5ccccc5n(-c5ccccc5)c34)c2)cc1. The van der Waals surface area contributed by atoms with Gasteiger partial charge in [0, 0.05) is 49.4 Å². The number of hydrogen-bond donors (Lipinski definition) is 0. The van der Waals surface area contributed by atoms with Gasteiger partial charge in [0.15, 0.2) is 0 Å². The van der Waals surface area contributed by atoms with Gasteiger partial charge in [0.2, 0.25) is 0 Å². The van der Waals surface area contributed by atoms with E-state index in [1.807, 2.05) is 0 Å². The molecule has 3 heterocycles. The fourth-order valence-corrected chi connectivity index (χ4v) is 10.1. The number of rotatable bonds is 5. The molecule has 0 atom stereocenters. The predicted octanol–water partition coefficient (Wildman–Crippen LogP) is 15.5. The number of benzene rings is 10. The maximum Gasteiger partial charge on any atom is 0.0641 e. The fourth-order valence-electron chi connectivity index (χ4n) is 10.1. The Morgan fingerprint density at radius 1 is 0.230 bits per heavy atom. The second kappa shape index (κ2) is 13.2. The molecule has 0 spiro atoms. The van der Waals surface area contributed by atoms with Crippen LogP contribution < -0.4 is 0 Å². The Bertz CT molecular complexity index is 3860. The maximum absolute atomic E-state index is 2.47. The highest BCUT2D eigenvalue weighted by molar-refractivity contribution is 6.26. The number of nitrogens with zero attached hydrogens (tertiary/aromatic N) is 3. The van der Waals surface area contributed by atoms with Crippen LogP contribution in [0.3, 0.4) is 0 Å². The minimum absolute atomic E-state index is 1.14. The molecule has 61 heavy (non-hydrogen) atoms. The average Bonchev–Trinajstić information content (AvgIpc) is 3.97. The highest BCUT2D eigenvalue weighted by Gasteiger charge is 2.22. The number of hydrogen-bond acceptors (Lipinski definition) is 0. The van der Waals surface area contributed by atoms with Gasteiger partial charge in [0.1, 0.15) is 0 Å². The zero-order chi connectivity index (χ0) is 40.0. The van der Waals surface area contributed by atoms with Crippen molar-refractivity contribution in [2.24, 2.45) is 0 Å². The van der Waals surface area contributed by atoms with Gasteiger partial charge >= 0.3 is 0 Å². The van der Waals surface area contributed by atoms with Gasteiger partial charge in [-0.05, 0) is 112 Å². The van der Waals surface area contributed by atoms with Crippen LogP contribution in [0.25, 0.3) is 116 Å². The molecule has 0 bridgehead atoms. The molecule has 0 fully saturated rings. The van der Waals surface area contributed by atoms with Gasteiger partial charge in [-0.15, -0.1) is 0 Å². The molecule has 13 rings (SSSR count). The Morgan fingerprint density at radius 3 is 1.54 bits per heavy atom. The zero-order valence-electron chi connectivity index (χ0n) is 33.2. The van der Waals surface area contributed by atoms with Crippen molar-refractivity contribution in [3.05, 3.63) is 224 Å². The second-order valence-corrected chi connectivity index (χ2v) is 16.1. The summed E-state index contributed by atoms with van der Waals surface area (Å²) in [5, 5.41) is 9.94. The Kier molecular flexibility index (Phi) is 7.31. The Labute approximate surface area is 352 Å². The molecule has 3 aromatic heterocycles. The summed E-state index contributed by atoms with van der Waals surface area (Å²) in [6.07, 6.45) is 0. The molecular weight excluding hydrogens is 739 g/mol. The van der Waals surface area contributed by atoms with E-state index in [-0.39, 0.29) is 0 Å². The molecule has 13 aromatic rings. The summed E-state index contributed by atoms with van der Waals surface area (Å²) in [7, 11) is 0. The molecule has 0 aliphatic carbocycles. The lowest BCUT2D eigenvalue weighted by molar-refractivity contribution is 1.17. The third kappa shape index (κ3) is 5.11. The van der Waals surface area contributed by atoms with E-state index in [2.05, 4.69) is 238 Å². The molecule has 0 aliphatic heterocycles. The van der Waals surface area contributed by atoms with E-state index < -0.39 is 0 Å². The monoisotopic (exact) mass is 775 g/mol. The van der Waals surface area contributed by atoms with Crippen LogP contribution >= 0.6 is 0 Å². The Morgan fingerprint density at radius 2 is 0.754 bits per heavy atom. The molecule has 0 saturated heterocycles. The highest BCUT2D eigenvalue weighted by atomic mass is 15.0. The molecule has 0 saturated carbocycles. The normalized spacial score (nSPS) is 11.9. The van der Waals surface area contributed by atoms with Crippen molar-refractivity contribution in [3.63, 3.8) is 0 Å². The summed E-state index contributed by atoms with van der Waals surface area (Å²) in [5.74, 6) is 0. The lowest BCUT2D eigenvalue weighted by atomic mass is 10.00. The summed E-state index contributed by atoms with van der Waals surface area (Å²) in [5.41, 5.74) is 15.4. The predicted molar refractivity (Wildman–Crippen MR) is 258 cm³/mol. The lowest BCUT2D eigenvalue weighted by Gasteiger charge is -2.11. The van der Waals surface area contributed by atoms with E-state index in [9.17, 15) is 0 Å². The molecule has 284 valence electrons. The molecule has 3 heteroatoms. The van der Waals surface area contributed by atoms with Crippen LogP contribution in [-0.2, 0) is 0 Å². The summed E-state index contributed by atoms with van der Waals surface area (Å²) < 4.78 is 7.35. The minimum Gasteiger partial charge on any atom is -0.309 e. The summed E-state index contributed by atoms with van der Waals surface area (Å²) >= 11 is 0. The second-order valence-electron chi connectivity index (χ2n) is 16.1. The van der Waals surface area contributed by atoms with Crippen molar-refractivity contribution in [3.8, 4) is 39.3 Å². The molecule has 0 aliphatic rings. The molecule has 0 unspecified atom stereocenters. The van der Waals surface area contributed by atoms with Crippen LogP contribution in [0.15, 0.2) is 224 Å². The van der Waals surface area contributed by atoms with Crippen molar-refractivity contribution in [2.45, 2.75) is 0 Å². The molecule has 3 nitrogen and oxygen atoms in total. The Balaban J connectivity index is 1.09. The van der Waals surface area contributed by atoms with Crippen molar-refractivity contribution in [2.75, 3.05) is 0 Å². The van der Waals surface area contributed by atoms with Crippen molar-refractivity contribution in [1.29, 1.82) is 0 Å². The van der Waals surface area contributed by atoms with Crippen LogP contribution in [0.1, 0.15) is 0 Å². The molecule has 0 N–H and O–H groups in total. The first-order valence-electron chi connectivity index (χ1n) is 21.0. The summed E-state index contributed by atoms with van der Waals surface area (Å²) in [4.78, 5) is 0. The van der Waals surface area contributed by atoms with Gasteiger partial charge in [0.05, 0.1) is 33.1 Å². The van der Waals surface area contributed by atoms with Gasteiger partial charge in [0.25, 0.3) is 0 Å². The van der Waals surface area contributed by atoms with Gasteiger partial charge < -0.3 is 13.7 Å². The summed E-state index contributed by atoms with van der Waals surface area (Å²) in [6, 6.07) is 82.3. The van der Waals surface area contributed by atoms with Crippen LogP contribution in [0.4, 0.5) is 0 Å².